The normalized spacial score (nSPS) is 10.4. The standard InChI is InChI=1S/C15H16N2O3S/c1-9(2)10-3-5-11(6-4-10)16-15(20)17-13-12(14(18)19)7-8-21-13/h3-9H,1-2H3,(H,18,19)(H2,16,17,20). The van der Waals surface area contributed by atoms with Crippen LogP contribution in [0.4, 0.5) is 15.5 Å². The Balaban J connectivity index is 2.01. The Labute approximate surface area is 126 Å². The van der Waals surface area contributed by atoms with Crippen molar-refractivity contribution in [3.8, 4) is 0 Å². The summed E-state index contributed by atoms with van der Waals surface area (Å²) in [7, 11) is 0. The van der Waals surface area contributed by atoms with E-state index in [9.17, 15) is 9.59 Å². The molecule has 0 fully saturated rings. The molecular weight excluding hydrogens is 288 g/mol. The number of carboxylic acid groups (broad SMARTS) is 1. The van der Waals surface area contributed by atoms with Crippen molar-refractivity contribution in [1.82, 2.24) is 0 Å². The number of benzene rings is 1. The lowest BCUT2D eigenvalue weighted by molar-refractivity contribution is 0.0698. The van der Waals surface area contributed by atoms with Gasteiger partial charge in [0, 0.05) is 5.69 Å². The highest BCUT2D eigenvalue weighted by atomic mass is 32.1. The summed E-state index contributed by atoms with van der Waals surface area (Å²) in [6.07, 6.45) is 0. The first-order chi connectivity index (χ1) is 9.97. The Bertz CT molecular complexity index is 647. The topological polar surface area (TPSA) is 78.4 Å². The van der Waals surface area contributed by atoms with Crippen LogP contribution in [0.25, 0.3) is 0 Å². The highest BCUT2D eigenvalue weighted by molar-refractivity contribution is 7.14. The van der Waals surface area contributed by atoms with Gasteiger partial charge in [-0.05, 0) is 35.1 Å². The maximum Gasteiger partial charge on any atom is 0.338 e. The number of rotatable bonds is 4. The number of hydrogen-bond acceptors (Lipinski definition) is 3. The third kappa shape index (κ3) is 3.82. The number of aromatic carboxylic acids is 1. The lowest BCUT2D eigenvalue weighted by atomic mass is 10.0. The van der Waals surface area contributed by atoms with Crippen molar-refractivity contribution in [2.24, 2.45) is 0 Å². The highest BCUT2D eigenvalue weighted by Crippen LogP contribution is 2.23. The van der Waals surface area contributed by atoms with Crippen LogP contribution in [0.5, 0.6) is 0 Å². The van der Waals surface area contributed by atoms with Gasteiger partial charge in [0.1, 0.15) is 5.00 Å². The Kier molecular flexibility index (Phi) is 4.59. The molecule has 2 amide bonds. The monoisotopic (exact) mass is 304 g/mol. The lowest BCUT2D eigenvalue weighted by Gasteiger charge is -2.09. The Morgan fingerprint density at radius 2 is 1.76 bits per heavy atom. The predicted molar refractivity (Wildman–Crippen MR) is 84.5 cm³/mol. The van der Waals surface area contributed by atoms with E-state index >= 15 is 0 Å². The van der Waals surface area contributed by atoms with E-state index in [-0.39, 0.29) is 5.56 Å². The van der Waals surface area contributed by atoms with E-state index in [0.29, 0.717) is 16.6 Å². The van der Waals surface area contributed by atoms with Crippen LogP contribution < -0.4 is 10.6 Å². The van der Waals surface area contributed by atoms with Gasteiger partial charge in [-0.1, -0.05) is 26.0 Å². The number of carbonyl (C=O) groups is 2. The number of carbonyl (C=O) groups excluding carboxylic acids is 1. The van der Waals surface area contributed by atoms with Gasteiger partial charge in [-0.25, -0.2) is 9.59 Å². The van der Waals surface area contributed by atoms with Gasteiger partial charge < -0.3 is 10.4 Å². The van der Waals surface area contributed by atoms with E-state index in [1.807, 2.05) is 24.3 Å². The van der Waals surface area contributed by atoms with Crippen molar-refractivity contribution in [2.45, 2.75) is 19.8 Å². The molecule has 5 nitrogen and oxygen atoms in total. The molecule has 0 bridgehead atoms. The summed E-state index contributed by atoms with van der Waals surface area (Å²) in [6, 6.07) is 8.54. The fraction of sp³-hybridized carbons (Fsp3) is 0.200. The van der Waals surface area contributed by atoms with E-state index in [0.717, 1.165) is 0 Å². The molecule has 0 aliphatic carbocycles. The first-order valence-corrected chi connectivity index (χ1v) is 7.34. The van der Waals surface area contributed by atoms with Crippen LogP contribution in [0.3, 0.4) is 0 Å². The predicted octanol–water partition coefficient (Wildman–Crippen LogP) is 4.21. The van der Waals surface area contributed by atoms with Crippen LogP contribution in [-0.2, 0) is 0 Å². The number of carboxylic acids is 1. The van der Waals surface area contributed by atoms with E-state index in [2.05, 4.69) is 24.5 Å². The van der Waals surface area contributed by atoms with Crippen molar-refractivity contribution in [1.29, 1.82) is 0 Å². The van der Waals surface area contributed by atoms with Crippen LogP contribution in [0.15, 0.2) is 35.7 Å². The largest absolute Gasteiger partial charge is 0.478 e. The zero-order valence-corrected chi connectivity index (χ0v) is 12.5. The zero-order chi connectivity index (χ0) is 15.4. The fourth-order valence-corrected chi connectivity index (χ4v) is 2.57. The number of thiophene rings is 1. The highest BCUT2D eigenvalue weighted by Gasteiger charge is 2.13. The molecule has 1 aromatic carbocycles. The van der Waals surface area contributed by atoms with Crippen LogP contribution >= 0.6 is 11.3 Å². The SMILES string of the molecule is CC(C)c1ccc(NC(=O)Nc2sccc2C(=O)O)cc1. The van der Waals surface area contributed by atoms with Gasteiger partial charge in [-0.3, -0.25) is 5.32 Å². The van der Waals surface area contributed by atoms with Crippen LogP contribution in [0, 0.1) is 0 Å². The second kappa shape index (κ2) is 6.41. The Morgan fingerprint density at radius 3 is 2.33 bits per heavy atom. The van der Waals surface area contributed by atoms with Crippen LogP contribution in [-0.4, -0.2) is 17.1 Å². The number of amides is 2. The van der Waals surface area contributed by atoms with Crippen LogP contribution in [0.2, 0.25) is 0 Å². The van der Waals surface area contributed by atoms with Gasteiger partial charge in [-0.15, -0.1) is 11.3 Å². The molecule has 0 saturated carbocycles. The third-order valence-corrected chi connectivity index (χ3v) is 3.79. The van der Waals surface area contributed by atoms with Crippen molar-refractivity contribution in [3.63, 3.8) is 0 Å². The molecule has 0 radical (unpaired) electrons. The van der Waals surface area contributed by atoms with Gasteiger partial charge in [0.2, 0.25) is 0 Å². The molecule has 0 atom stereocenters. The van der Waals surface area contributed by atoms with E-state index in [4.69, 9.17) is 5.11 Å². The van der Waals surface area contributed by atoms with E-state index < -0.39 is 12.0 Å². The maximum atomic E-state index is 11.9. The molecule has 2 aromatic rings. The lowest BCUT2D eigenvalue weighted by Crippen LogP contribution is -2.20. The smallest absolute Gasteiger partial charge is 0.338 e. The first kappa shape index (κ1) is 15.1. The first-order valence-electron chi connectivity index (χ1n) is 6.46. The second-order valence-electron chi connectivity index (χ2n) is 4.82. The quantitative estimate of drug-likeness (QED) is 0.791. The van der Waals surface area contributed by atoms with Crippen molar-refractivity contribution in [2.75, 3.05) is 10.6 Å². The van der Waals surface area contributed by atoms with Crippen molar-refractivity contribution >= 4 is 34.0 Å². The average molecular weight is 304 g/mol. The Morgan fingerprint density at radius 1 is 1.10 bits per heavy atom. The van der Waals surface area contributed by atoms with Gasteiger partial charge in [0.15, 0.2) is 0 Å². The van der Waals surface area contributed by atoms with Gasteiger partial charge in [0.25, 0.3) is 0 Å². The van der Waals surface area contributed by atoms with E-state index in [1.165, 1.54) is 23.0 Å². The minimum absolute atomic E-state index is 0.0882. The zero-order valence-electron chi connectivity index (χ0n) is 11.7. The number of anilines is 2. The molecular formula is C15H16N2O3S. The maximum absolute atomic E-state index is 11.9. The summed E-state index contributed by atoms with van der Waals surface area (Å²) in [5, 5.41) is 16.1. The van der Waals surface area contributed by atoms with Crippen molar-refractivity contribution in [3.05, 3.63) is 46.8 Å². The summed E-state index contributed by atoms with van der Waals surface area (Å²) in [6.45, 7) is 4.19. The molecule has 0 unspecified atom stereocenters. The molecule has 1 aromatic heterocycles. The van der Waals surface area contributed by atoms with Crippen LogP contribution in [0.1, 0.15) is 35.7 Å². The van der Waals surface area contributed by atoms with Gasteiger partial charge in [0.05, 0.1) is 5.56 Å². The molecule has 0 spiro atoms. The summed E-state index contributed by atoms with van der Waals surface area (Å²) in [5.41, 5.74) is 1.93. The van der Waals surface area contributed by atoms with Gasteiger partial charge in [-0.2, -0.15) is 0 Å². The second-order valence-corrected chi connectivity index (χ2v) is 5.74. The van der Waals surface area contributed by atoms with Crippen molar-refractivity contribution < 1.29 is 14.7 Å². The average Bonchev–Trinajstić information content (AvgIpc) is 2.87. The molecule has 0 aliphatic rings. The number of nitrogens with one attached hydrogen (secondary N) is 2. The Hall–Kier alpha value is -2.34. The summed E-state index contributed by atoms with van der Waals surface area (Å²) >= 11 is 1.17. The molecule has 21 heavy (non-hydrogen) atoms. The third-order valence-electron chi connectivity index (χ3n) is 2.96. The molecule has 2 rings (SSSR count). The summed E-state index contributed by atoms with van der Waals surface area (Å²) < 4.78 is 0. The minimum atomic E-state index is -1.06. The summed E-state index contributed by atoms with van der Waals surface area (Å²) in [5.74, 6) is -0.634. The number of hydrogen-bond donors (Lipinski definition) is 3. The minimum Gasteiger partial charge on any atom is -0.478 e. The molecule has 0 saturated heterocycles. The molecule has 1 heterocycles. The number of urea groups is 1. The molecule has 0 aliphatic heterocycles. The molecule has 110 valence electrons. The molecule has 3 N–H and O–H groups in total. The van der Waals surface area contributed by atoms with E-state index in [1.54, 1.807) is 5.38 Å². The van der Waals surface area contributed by atoms with Gasteiger partial charge >= 0.3 is 12.0 Å². The molecule has 6 heteroatoms. The fourth-order valence-electron chi connectivity index (χ4n) is 1.79. The summed E-state index contributed by atoms with van der Waals surface area (Å²) in [4.78, 5) is 22.8.